The topological polar surface area (TPSA) is 92.4 Å². The SMILES string of the molecule is Cc1cc(N)cc(S(=O)(=O)NCC2(CO)CC2)c1. The molecule has 0 aliphatic heterocycles. The first-order valence-corrected chi connectivity index (χ1v) is 7.33. The van der Waals surface area contributed by atoms with E-state index in [2.05, 4.69) is 4.72 Å². The zero-order valence-electron chi connectivity index (χ0n) is 10.3. The molecule has 0 spiro atoms. The van der Waals surface area contributed by atoms with Crippen molar-refractivity contribution in [1.29, 1.82) is 0 Å². The summed E-state index contributed by atoms with van der Waals surface area (Å²) in [7, 11) is -3.55. The summed E-state index contributed by atoms with van der Waals surface area (Å²) in [4.78, 5) is 0.175. The third-order valence-corrected chi connectivity index (χ3v) is 4.69. The van der Waals surface area contributed by atoms with Gasteiger partial charge in [-0.1, -0.05) is 0 Å². The number of nitrogen functional groups attached to an aromatic ring is 1. The summed E-state index contributed by atoms with van der Waals surface area (Å²) in [6.07, 6.45) is 1.73. The van der Waals surface area contributed by atoms with Crippen molar-refractivity contribution in [2.24, 2.45) is 5.41 Å². The molecule has 0 saturated heterocycles. The summed E-state index contributed by atoms with van der Waals surface area (Å²) in [6.45, 7) is 2.09. The van der Waals surface area contributed by atoms with E-state index in [1.54, 1.807) is 19.1 Å². The molecule has 18 heavy (non-hydrogen) atoms. The molecule has 0 heterocycles. The van der Waals surface area contributed by atoms with Crippen molar-refractivity contribution < 1.29 is 13.5 Å². The Morgan fingerprint density at radius 2 is 2.06 bits per heavy atom. The highest BCUT2D eigenvalue weighted by molar-refractivity contribution is 7.89. The van der Waals surface area contributed by atoms with Crippen LogP contribution in [0.5, 0.6) is 0 Å². The van der Waals surface area contributed by atoms with Crippen LogP contribution in [-0.2, 0) is 10.0 Å². The molecule has 6 heteroatoms. The van der Waals surface area contributed by atoms with E-state index in [0.717, 1.165) is 18.4 Å². The number of rotatable bonds is 5. The normalized spacial score (nSPS) is 17.7. The van der Waals surface area contributed by atoms with E-state index >= 15 is 0 Å². The number of aliphatic hydroxyl groups is 1. The lowest BCUT2D eigenvalue weighted by Crippen LogP contribution is -2.32. The molecule has 0 atom stereocenters. The van der Waals surface area contributed by atoms with Crippen LogP contribution in [0.15, 0.2) is 23.1 Å². The molecule has 0 amide bonds. The van der Waals surface area contributed by atoms with Crippen molar-refractivity contribution in [3.63, 3.8) is 0 Å². The maximum absolute atomic E-state index is 12.1. The minimum atomic E-state index is -3.55. The molecule has 100 valence electrons. The molecule has 4 N–H and O–H groups in total. The lowest BCUT2D eigenvalue weighted by molar-refractivity contribution is 0.213. The van der Waals surface area contributed by atoms with Crippen LogP contribution >= 0.6 is 0 Å². The lowest BCUT2D eigenvalue weighted by atomic mass is 10.1. The predicted molar refractivity (Wildman–Crippen MR) is 69.5 cm³/mol. The molecule has 0 bridgehead atoms. The second kappa shape index (κ2) is 4.53. The Kier molecular flexibility index (Phi) is 3.35. The van der Waals surface area contributed by atoms with Crippen molar-refractivity contribution in [2.45, 2.75) is 24.7 Å². The molecular formula is C12H18N2O3S. The fourth-order valence-corrected chi connectivity index (χ4v) is 3.13. The summed E-state index contributed by atoms with van der Waals surface area (Å²) in [5.41, 5.74) is 6.63. The van der Waals surface area contributed by atoms with Crippen LogP contribution < -0.4 is 10.5 Å². The quantitative estimate of drug-likeness (QED) is 0.684. The van der Waals surface area contributed by atoms with Crippen molar-refractivity contribution >= 4 is 15.7 Å². The maximum Gasteiger partial charge on any atom is 0.240 e. The standard InChI is InChI=1S/C12H18N2O3S/c1-9-4-10(13)6-11(5-9)18(16,17)14-7-12(8-15)2-3-12/h4-6,14-15H,2-3,7-8,13H2,1H3. The molecular weight excluding hydrogens is 252 g/mol. The number of nitrogens with one attached hydrogen (secondary N) is 1. The van der Waals surface area contributed by atoms with Gasteiger partial charge >= 0.3 is 0 Å². The summed E-state index contributed by atoms with van der Waals surface area (Å²) in [5, 5.41) is 9.16. The number of benzene rings is 1. The minimum Gasteiger partial charge on any atom is -0.399 e. The average molecular weight is 270 g/mol. The van der Waals surface area contributed by atoms with Crippen LogP contribution in [0, 0.1) is 12.3 Å². The number of sulfonamides is 1. The van der Waals surface area contributed by atoms with Crippen molar-refractivity contribution in [3.8, 4) is 0 Å². The van der Waals surface area contributed by atoms with Crippen LogP contribution in [-0.4, -0.2) is 26.7 Å². The van der Waals surface area contributed by atoms with Gasteiger partial charge in [0.25, 0.3) is 0 Å². The van der Waals surface area contributed by atoms with Gasteiger partial charge < -0.3 is 10.8 Å². The van der Waals surface area contributed by atoms with Crippen LogP contribution in [0.1, 0.15) is 18.4 Å². The number of anilines is 1. The number of aliphatic hydroxyl groups excluding tert-OH is 1. The Hall–Kier alpha value is -1.11. The third-order valence-electron chi connectivity index (χ3n) is 3.31. The first-order chi connectivity index (χ1) is 8.37. The van der Waals surface area contributed by atoms with Crippen molar-refractivity contribution in [2.75, 3.05) is 18.9 Å². The Morgan fingerprint density at radius 1 is 1.39 bits per heavy atom. The molecule has 0 aromatic heterocycles. The highest BCUT2D eigenvalue weighted by Gasteiger charge is 2.42. The summed E-state index contributed by atoms with van der Waals surface area (Å²) < 4.78 is 26.7. The fourth-order valence-electron chi connectivity index (χ4n) is 1.83. The molecule has 1 aliphatic carbocycles. The van der Waals surface area contributed by atoms with E-state index in [0.29, 0.717) is 5.69 Å². The predicted octanol–water partition coefficient (Wildman–Crippen LogP) is 0.628. The molecule has 2 rings (SSSR count). The van der Waals surface area contributed by atoms with Gasteiger partial charge in [0.1, 0.15) is 0 Å². The van der Waals surface area contributed by atoms with Gasteiger partial charge in [0.15, 0.2) is 0 Å². The number of hydrogen-bond acceptors (Lipinski definition) is 4. The molecule has 0 radical (unpaired) electrons. The first-order valence-electron chi connectivity index (χ1n) is 5.85. The van der Waals surface area contributed by atoms with E-state index in [9.17, 15) is 8.42 Å². The molecule has 1 aromatic rings. The van der Waals surface area contributed by atoms with E-state index in [1.807, 2.05) is 0 Å². The van der Waals surface area contributed by atoms with Gasteiger partial charge in [-0.25, -0.2) is 13.1 Å². The Morgan fingerprint density at radius 3 is 2.56 bits per heavy atom. The zero-order valence-corrected chi connectivity index (χ0v) is 11.1. The maximum atomic E-state index is 12.1. The zero-order chi connectivity index (χ0) is 13.4. The third kappa shape index (κ3) is 2.82. The number of aryl methyl sites for hydroxylation is 1. The molecule has 1 aromatic carbocycles. The second-order valence-electron chi connectivity index (χ2n) is 5.06. The molecule has 0 unspecified atom stereocenters. The minimum absolute atomic E-state index is 0.0193. The Bertz CT molecular complexity index is 530. The lowest BCUT2D eigenvalue weighted by Gasteiger charge is -2.13. The summed E-state index contributed by atoms with van der Waals surface area (Å²) in [5.74, 6) is 0. The van der Waals surface area contributed by atoms with Crippen molar-refractivity contribution in [3.05, 3.63) is 23.8 Å². The van der Waals surface area contributed by atoms with Gasteiger partial charge in [-0.2, -0.15) is 0 Å². The van der Waals surface area contributed by atoms with Crippen molar-refractivity contribution in [1.82, 2.24) is 4.72 Å². The van der Waals surface area contributed by atoms with Gasteiger partial charge in [-0.3, -0.25) is 0 Å². The van der Waals surface area contributed by atoms with Crippen LogP contribution in [0.25, 0.3) is 0 Å². The van der Waals surface area contributed by atoms with Gasteiger partial charge in [0.2, 0.25) is 10.0 Å². The van der Waals surface area contributed by atoms with E-state index in [-0.39, 0.29) is 23.5 Å². The van der Waals surface area contributed by atoms with E-state index in [1.165, 1.54) is 6.07 Å². The molecule has 1 fully saturated rings. The Balaban J connectivity index is 2.15. The second-order valence-corrected chi connectivity index (χ2v) is 6.83. The van der Waals surface area contributed by atoms with Crippen LogP contribution in [0.2, 0.25) is 0 Å². The highest BCUT2D eigenvalue weighted by atomic mass is 32.2. The molecule has 1 saturated carbocycles. The number of hydrogen-bond donors (Lipinski definition) is 3. The largest absolute Gasteiger partial charge is 0.399 e. The Labute approximate surface area is 107 Å². The van der Waals surface area contributed by atoms with Gasteiger partial charge in [-0.15, -0.1) is 0 Å². The van der Waals surface area contributed by atoms with Gasteiger partial charge in [0.05, 0.1) is 4.90 Å². The first kappa shape index (κ1) is 13.3. The van der Waals surface area contributed by atoms with Gasteiger partial charge in [0, 0.05) is 24.3 Å². The average Bonchev–Trinajstić information content (AvgIpc) is 3.06. The summed E-state index contributed by atoms with van der Waals surface area (Å²) >= 11 is 0. The van der Waals surface area contributed by atoms with E-state index < -0.39 is 10.0 Å². The van der Waals surface area contributed by atoms with Crippen LogP contribution in [0.4, 0.5) is 5.69 Å². The number of nitrogens with two attached hydrogens (primary N) is 1. The molecule has 5 nitrogen and oxygen atoms in total. The summed E-state index contributed by atoms with van der Waals surface area (Å²) in [6, 6.07) is 4.74. The monoisotopic (exact) mass is 270 g/mol. The van der Waals surface area contributed by atoms with Gasteiger partial charge in [-0.05, 0) is 43.5 Å². The fraction of sp³-hybridized carbons (Fsp3) is 0.500. The highest BCUT2D eigenvalue weighted by Crippen LogP contribution is 2.44. The molecule has 1 aliphatic rings. The smallest absolute Gasteiger partial charge is 0.240 e. The van der Waals surface area contributed by atoms with E-state index in [4.69, 9.17) is 10.8 Å². The van der Waals surface area contributed by atoms with Crippen LogP contribution in [0.3, 0.4) is 0 Å².